The first kappa shape index (κ1) is 12.2. The molecule has 0 spiro atoms. The molecular weight excluding hydrogens is 228 g/mol. The summed E-state index contributed by atoms with van der Waals surface area (Å²) in [6.07, 6.45) is 0. The third-order valence-electron chi connectivity index (χ3n) is 2.36. The highest BCUT2D eigenvalue weighted by molar-refractivity contribution is 5.39. The molecule has 94 valence electrons. The van der Waals surface area contributed by atoms with E-state index in [2.05, 4.69) is 4.98 Å². The van der Waals surface area contributed by atoms with Gasteiger partial charge in [0.2, 0.25) is 11.8 Å². The molecule has 18 heavy (non-hydrogen) atoms. The summed E-state index contributed by atoms with van der Waals surface area (Å²) in [4.78, 5) is 4.23. The van der Waals surface area contributed by atoms with Crippen molar-refractivity contribution in [2.45, 2.75) is 13.5 Å². The van der Waals surface area contributed by atoms with Crippen LogP contribution in [0.5, 0.6) is 11.8 Å². The summed E-state index contributed by atoms with van der Waals surface area (Å²) in [6, 6.07) is 13.0. The monoisotopic (exact) mass is 244 g/mol. The molecule has 0 aliphatic rings. The highest BCUT2D eigenvalue weighted by Gasteiger charge is 2.00. The topological polar surface area (TPSA) is 57.4 Å². The molecule has 0 saturated carbocycles. The summed E-state index contributed by atoms with van der Waals surface area (Å²) in [7, 11) is 0. The van der Waals surface area contributed by atoms with E-state index in [9.17, 15) is 0 Å². The summed E-state index contributed by atoms with van der Waals surface area (Å²) in [6.45, 7) is 2.97. The lowest BCUT2D eigenvalue weighted by Gasteiger charge is -2.07. The fourth-order valence-corrected chi connectivity index (χ4v) is 1.48. The van der Waals surface area contributed by atoms with Crippen molar-refractivity contribution in [3.63, 3.8) is 0 Å². The van der Waals surface area contributed by atoms with Crippen LogP contribution in [-0.2, 0) is 6.61 Å². The van der Waals surface area contributed by atoms with Crippen LogP contribution in [0.4, 0.5) is 5.69 Å². The molecule has 4 nitrogen and oxygen atoms in total. The van der Waals surface area contributed by atoms with Gasteiger partial charge in [-0.25, -0.2) is 0 Å². The van der Waals surface area contributed by atoms with Gasteiger partial charge in [0.25, 0.3) is 0 Å². The Hall–Kier alpha value is -2.23. The minimum absolute atomic E-state index is 0.461. The van der Waals surface area contributed by atoms with E-state index < -0.39 is 0 Å². The van der Waals surface area contributed by atoms with Gasteiger partial charge in [0.1, 0.15) is 6.61 Å². The van der Waals surface area contributed by atoms with Gasteiger partial charge in [0, 0.05) is 17.8 Å². The van der Waals surface area contributed by atoms with Crippen LogP contribution >= 0.6 is 0 Å². The Bertz CT molecular complexity index is 497. The number of nitrogens with two attached hydrogens (primary N) is 1. The summed E-state index contributed by atoms with van der Waals surface area (Å²) in [5.74, 6) is 1.13. The van der Waals surface area contributed by atoms with Crippen LogP contribution in [-0.4, -0.2) is 11.6 Å². The Morgan fingerprint density at radius 3 is 2.33 bits per heavy atom. The Labute approximate surface area is 106 Å². The van der Waals surface area contributed by atoms with E-state index in [0.29, 0.717) is 25.0 Å². The predicted molar refractivity (Wildman–Crippen MR) is 70.6 cm³/mol. The fourth-order valence-electron chi connectivity index (χ4n) is 1.48. The molecule has 0 aliphatic carbocycles. The number of anilines is 1. The molecule has 0 radical (unpaired) electrons. The third-order valence-corrected chi connectivity index (χ3v) is 2.36. The number of nitrogen functional groups attached to an aromatic ring is 1. The van der Waals surface area contributed by atoms with Crippen molar-refractivity contribution >= 4 is 5.69 Å². The zero-order valence-electron chi connectivity index (χ0n) is 10.3. The van der Waals surface area contributed by atoms with E-state index in [-0.39, 0.29) is 0 Å². The number of hydrogen-bond donors (Lipinski definition) is 1. The van der Waals surface area contributed by atoms with Gasteiger partial charge < -0.3 is 15.2 Å². The van der Waals surface area contributed by atoms with Crippen molar-refractivity contribution in [2.75, 3.05) is 12.3 Å². The average Bonchev–Trinajstić information content (AvgIpc) is 2.39. The molecule has 2 N–H and O–H groups in total. The maximum absolute atomic E-state index is 5.62. The Balaban J connectivity index is 1.97. The van der Waals surface area contributed by atoms with Crippen LogP contribution < -0.4 is 15.2 Å². The molecule has 1 aromatic heterocycles. The molecule has 0 saturated heterocycles. The van der Waals surface area contributed by atoms with E-state index in [1.54, 1.807) is 12.1 Å². The minimum atomic E-state index is 0.461. The summed E-state index contributed by atoms with van der Waals surface area (Å²) in [5, 5.41) is 0. The zero-order valence-corrected chi connectivity index (χ0v) is 10.3. The smallest absolute Gasteiger partial charge is 0.216 e. The Morgan fingerprint density at radius 1 is 1.00 bits per heavy atom. The maximum atomic E-state index is 5.62. The second-order valence-electron chi connectivity index (χ2n) is 3.78. The normalized spacial score (nSPS) is 10.1. The van der Waals surface area contributed by atoms with Gasteiger partial charge >= 0.3 is 0 Å². The number of nitrogens with zero attached hydrogens (tertiary/aromatic N) is 1. The minimum Gasteiger partial charge on any atom is -0.478 e. The lowest BCUT2D eigenvalue weighted by atomic mass is 10.2. The third kappa shape index (κ3) is 3.38. The summed E-state index contributed by atoms with van der Waals surface area (Å²) >= 11 is 0. The average molecular weight is 244 g/mol. The fraction of sp³-hybridized carbons (Fsp3) is 0.214. The Morgan fingerprint density at radius 2 is 1.67 bits per heavy atom. The predicted octanol–water partition coefficient (Wildman–Crippen LogP) is 2.64. The maximum Gasteiger partial charge on any atom is 0.216 e. The van der Waals surface area contributed by atoms with E-state index in [4.69, 9.17) is 15.2 Å². The van der Waals surface area contributed by atoms with E-state index >= 15 is 0 Å². The molecular formula is C14H16N2O2. The van der Waals surface area contributed by atoms with E-state index in [0.717, 1.165) is 11.3 Å². The Kier molecular flexibility index (Phi) is 4.02. The number of rotatable bonds is 5. The van der Waals surface area contributed by atoms with E-state index in [1.807, 2.05) is 37.3 Å². The molecule has 2 aromatic rings. The van der Waals surface area contributed by atoms with Crippen molar-refractivity contribution in [3.05, 3.63) is 48.0 Å². The van der Waals surface area contributed by atoms with Crippen LogP contribution in [0.1, 0.15) is 12.5 Å². The van der Waals surface area contributed by atoms with Crippen LogP contribution in [0, 0.1) is 0 Å². The van der Waals surface area contributed by atoms with Crippen molar-refractivity contribution in [3.8, 4) is 11.8 Å². The number of ether oxygens (including phenoxy) is 2. The second-order valence-corrected chi connectivity index (χ2v) is 3.78. The molecule has 1 heterocycles. The molecule has 0 unspecified atom stereocenters. The van der Waals surface area contributed by atoms with Crippen LogP contribution in [0.25, 0.3) is 0 Å². The standard InChI is InChI=1S/C14H16N2O2/c1-2-17-13-4-3-5-14(16-13)18-10-11-6-8-12(15)9-7-11/h3-9H,2,10,15H2,1H3. The first-order valence-electron chi connectivity index (χ1n) is 5.85. The molecule has 0 atom stereocenters. The molecule has 4 heteroatoms. The van der Waals surface area contributed by atoms with Gasteiger partial charge in [0.05, 0.1) is 6.61 Å². The van der Waals surface area contributed by atoms with Gasteiger partial charge in [-0.1, -0.05) is 18.2 Å². The number of hydrogen-bond acceptors (Lipinski definition) is 4. The van der Waals surface area contributed by atoms with Crippen molar-refractivity contribution in [1.82, 2.24) is 4.98 Å². The first-order chi connectivity index (χ1) is 8.78. The van der Waals surface area contributed by atoms with Crippen LogP contribution in [0.15, 0.2) is 42.5 Å². The van der Waals surface area contributed by atoms with Gasteiger partial charge in [-0.2, -0.15) is 4.98 Å². The van der Waals surface area contributed by atoms with Crippen molar-refractivity contribution in [1.29, 1.82) is 0 Å². The van der Waals surface area contributed by atoms with Crippen molar-refractivity contribution in [2.24, 2.45) is 0 Å². The first-order valence-corrected chi connectivity index (χ1v) is 5.85. The zero-order chi connectivity index (χ0) is 12.8. The highest BCUT2D eigenvalue weighted by Crippen LogP contribution is 2.15. The van der Waals surface area contributed by atoms with Gasteiger partial charge in [-0.05, 0) is 24.6 Å². The molecule has 0 amide bonds. The molecule has 0 fully saturated rings. The van der Waals surface area contributed by atoms with Crippen LogP contribution in [0.3, 0.4) is 0 Å². The number of pyridine rings is 1. The lowest BCUT2D eigenvalue weighted by Crippen LogP contribution is -1.99. The molecule has 0 bridgehead atoms. The summed E-state index contributed by atoms with van der Waals surface area (Å²) < 4.78 is 10.9. The number of aromatic nitrogens is 1. The van der Waals surface area contributed by atoms with Gasteiger partial charge in [-0.15, -0.1) is 0 Å². The number of benzene rings is 1. The van der Waals surface area contributed by atoms with Gasteiger partial charge in [0.15, 0.2) is 0 Å². The van der Waals surface area contributed by atoms with E-state index in [1.165, 1.54) is 0 Å². The lowest BCUT2D eigenvalue weighted by molar-refractivity contribution is 0.279. The van der Waals surface area contributed by atoms with Gasteiger partial charge in [-0.3, -0.25) is 0 Å². The highest BCUT2D eigenvalue weighted by atomic mass is 16.5. The van der Waals surface area contributed by atoms with Crippen molar-refractivity contribution < 1.29 is 9.47 Å². The molecule has 1 aromatic carbocycles. The largest absolute Gasteiger partial charge is 0.478 e. The SMILES string of the molecule is CCOc1cccc(OCc2ccc(N)cc2)n1. The summed E-state index contributed by atoms with van der Waals surface area (Å²) in [5.41, 5.74) is 7.41. The molecule has 0 aliphatic heterocycles. The quantitative estimate of drug-likeness (QED) is 0.821. The van der Waals surface area contributed by atoms with Crippen LogP contribution in [0.2, 0.25) is 0 Å². The second kappa shape index (κ2) is 5.91. The molecule has 2 rings (SSSR count).